The number of nitrogens with one attached hydrogen (secondary N) is 1. The molecule has 0 fully saturated rings. The van der Waals surface area contributed by atoms with Crippen LogP contribution in [0.5, 0.6) is 0 Å². The fraction of sp³-hybridized carbons (Fsp3) is 0.273. The highest BCUT2D eigenvalue weighted by molar-refractivity contribution is 8.00. The van der Waals surface area contributed by atoms with Crippen molar-refractivity contribution in [2.45, 2.75) is 4.90 Å². The predicted octanol–water partition coefficient (Wildman–Crippen LogP) is 1.35. The van der Waals surface area contributed by atoms with E-state index in [2.05, 4.69) is 10.3 Å². The number of benzene rings is 1. The normalized spacial score (nSPS) is 14.3. The van der Waals surface area contributed by atoms with Crippen molar-refractivity contribution in [3.05, 3.63) is 29.6 Å². The Bertz CT molecular complexity index is 477. The number of thioether (sulfide) groups is 1. The summed E-state index contributed by atoms with van der Waals surface area (Å²) < 4.78 is 13.7. The maximum Gasteiger partial charge on any atom is 0.313 e. The predicted molar refractivity (Wildman–Crippen MR) is 64.2 cm³/mol. The number of carboxylic acid groups (broad SMARTS) is 1. The highest BCUT2D eigenvalue weighted by atomic mass is 32.2. The van der Waals surface area contributed by atoms with Gasteiger partial charge in [0.2, 0.25) is 0 Å². The van der Waals surface area contributed by atoms with Gasteiger partial charge in [-0.1, -0.05) is 0 Å². The molecule has 0 aliphatic carbocycles. The zero-order chi connectivity index (χ0) is 12.3. The lowest BCUT2D eigenvalue weighted by atomic mass is 10.2. The lowest BCUT2D eigenvalue weighted by Crippen LogP contribution is -2.19. The van der Waals surface area contributed by atoms with Gasteiger partial charge in [0.05, 0.1) is 12.3 Å². The summed E-state index contributed by atoms with van der Waals surface area (Å²) in [6.07, 6.45) is 0. The second-order valence-corrected chi connectivity index (χ2v) is 4.50. The maximum absolute atomic E-state index is 13.7. The largest absolute Gasteiger partial charge is 0.481 e. The maximum atomic E-state index is 13.7. The summed E-state index contributed by atoms with van der Waals surface area (Å²) in [6, 6.07) is 4.70. The molecule has 6 heteroatoms. The summed E-state index contributed by atoms with van der Waals surface area (Å²) in [5.74, 6) is -0.820. The Labute approximate surface area is 102 Å². The van der Waals surface area contributed by atoms with E-state index in [1.54, 1.807) is 12.1 Å². The van der Waals surface area contributed by atoms with Gasteiger partial charge in [-0.05, 0) is 18.2 Å². The Kier molecular flexibility index (Phi) is 3.63. The number of hydrogen-bond donors (Lipinski definition) is 2. The van der Waals surface area contributed by atoms with Gasteiger partial charge in [-0.3, -0.25) is 9.79 Å². The van der Waals surface area contributed by atoms with E-state index in [1.807, 2.05) is 0 Å². The topological polar surface area (TPSA) is 61.7 Å². The third kappa shape index (κ3) is 2.97. The van der Waals surface area contributed by atoms with Gasteiger partial charge in [0, 0.05) is 17.0 Å². The van der Waals surface area contributed by atoms with Crippen molar-refractivity contribution in [1.82, 2.24) is 5.32 Å². The first-order chi connectivity index (χ1) is 8.16. The number of aliphatic carboxylic acids is 1. The van der Waals surface area contributed by atoms with Crippen molar-refractivity contribution >= 4 is 23.6 Å². The molecule has 1 aromatic carbocycles. The van der Waals surface area contributed by atoms with Crippen LogP contribution >= 0.6 is 11.8 Å². The van der Waals surface area contributed by atoms with Gasteiger partial charge in [0.1, 0.15) is 11.7 Å². The van der Waals surface area contributed by atoms with E-state index in [1.165, 1.54) is 6.07 Å². The third-order valence-electron chi connectivity index (χ3n) is 2.23. The molecule has 17 heavy (non-hydrogen) atoms. The zero-order valence-corrected chi connectivity index (χ0v) is 9.76. The molecular formula is C11H11FN2O2S. The Morgan fingerprint density at radius 2 is 2.41 bits per heavy atom. The van der Waals surface area contributed by atoms with Crippen LogP contribution in [0.3, 0.4) is 0 Å². The molecule has 2 rings (SSSR count). The molecule has 1 heterocycles. The van der Waals surface area contributed by atoms with Crippen LogP contribution in [0.25, 0.3) is 0 Å². The van der Waals surface area contributed by atoms with Gasteiger partial charge in [-0.25, -0.2) is 4.39 Å². The fourth-order valence-electron chi connectivity index (χ4n) is 1.50. The van der Waals surface area contributed by atoms with Gasteiger partial charge in [0.25, 0.3) is 0 Å². The highest BCUT2D eigenvalue weighted by Crippen LogP contribution is 2.22. The van der Waals surface area contributed by atoms with E-state index in [0.29, 0.717) is 22.8 Å². The van der Waals surface area contributed by atoms with Crippen LogP contribution in [-0.4, -0.2) is 35.8 Å². The summed E-state index contributed by atoms with van der Waals surface area (Å²) in [5.41, 5.74) is 0.694. The second kappa shape index (κ2) is 5.18. The third-order valence-corrected chi connectivity index (χ3v) is 3.26. The van der Waals surface area contributed by atoms with E-state index < -0.39 is 11.8 Å². The molecule has 1 aromatic rings. The zero-order valence-electron chi connectivity index (χ0n) is 8.94. The number of halogens is 1. The summed E-state index contributed by atoms with van der Waals surface area (Å²) in [6.45, 7) is 1.47. The molecule has 0 saturated heterocycles. The SMILES string of the molecule is O=C(O)CSc1ccc(C2=NCCN2)cc1F. The Balaban J connectivity index is 2.13. The van der Waals surface area contributed by atoms with Crippen LogP contribution in [0.2, 0.25) is 0 Å². The number of nitrogens with zero attached hydrogens (tertiary/aromatic N) is 1. The summed E-state index contributed by atoms with van der Waals surface area (Å²) >= 11 is 0.972. The molecule has 2 N–H and O–H groups in total. The van der Waals surface area contributed by atoms with Crippen LogP contribution in [0, 0.1) is 5.82 Å². The standard InChI is InChI=1S/C11H11FN2O2S/c12-8-5-7(11-13-3-4-14-11)1-2-9(8)17-6-10(15)16/h1-2,5H,3-4,6H2,(H,13,14)(H,15,16). The molecule has 0 saturated carbocycles. The van der Waals surface area contributed by atoms with Crippen molar-refractivity contribution < 1.29 is 14.3 Å². The molecule has 1 aliphatic rings. The molecule has 0 atom stereocenters. The van der Waals surface area contributed by atoms with Crippen molar-refractivity contribution in [1.29, 1.82) is 0 Å². The molecular weight excluding hydrogens is 243 g/mol. The van der Waals surface area contributed by atoms with E-state index in [0.717, 1.165) is 18.3 Å². The number of hydrogen-bond acceptors (Lipinski definition) is 4. The lowest BCUT2D eigenvalue weighted by Gasteiger charge is -2.05. The average molecular weight is 254 g/mol. The highest BCUT2D eigenvalue weighted by Gasteiger charge is 2.11. The molecule has 0 unspecified atom stereocenters. The number of carbonyl (C=O) groups is 1. The van der Waals surface area contributed by atoms with Gasteiger partial charge in [-0.2, -0.15) is 0 Å². The summed E-state index contributed by atoms with van der Waals surface area (Å²) in [7, 11) is 0. The number of aliphatic imine (C=N–C) groups is 1. The summed E-state index contributed by atoms with van der Waals surface area (Å²) in [4.78, 5) is 14.9. The first kappa shape index (κ1) is 11.9. The van der Waals surface area contributed by atoms with Crippen LogP contribution < -0.4 is 5.32 Å². The lowest BCUT2D eigenvalue weighted by molar-refractivity contribution is -0.133. The number of carboxylic acids is 1. The molecule has 0 aromatic heterocycles. The fourth-order valence-corrected chi connectivity index (χ4v) is 2.14. The van der Waals surface area contributed by atoms with Crippen LogP contribution in [0.4, 0.5) is 4.39 Å². The second-order valence-electron chi connectivity index (χ2n) is 3.48. The van der Waals surface area contributed by atoms with Crippen LogP contribution in [0.1, 0.15) is 5.56 Å². The number of rotatable bonds is 4. The molecule has 90 valence electrons. The number of amidine groups is 1. The van der Waals surface area contributed by atoms with E-state index in [9.17, 15) is 9.18 Å². The van der Waals surface area contributed by atoms with Crippen molar-refractivity contribution in [3.8, 4) is 0 Å². The van der Waals surface area contributed by atoms with Gasteiger partial charge in [-0.15, -0.1) is 11.8 Å². The molecule has 0 amide bonds. The molecule has 4 nitrogen and oxygen atoms in total. The minimum absolute atomic E-state index is 0.143. The molecule has 0 bridgehead atoms. The monoisotopic (exact) mass is 254 g/mol. The molecule has 0 spiro atoms. The first-order valence-electron chi connectivity index (χ1n) is 5.09. The minimum Gasteiger partial charge on any atom is -0.481 e. The van der Waals surface area contributed by atoms with Crippen LogP contribution in [-0.2, 0) is 4.79 Å². The Morgan fingerprint density at radius 3 is 3.00 bits per heavy atom. The minimum atomic E-state index is -0.958. The Hall–Kier alpha value is -1.56. The van der Waals surface area contributed by atoms with Crippen LogP contribution in [0.15, 0.2) is 28.1 Å². The Morgan fingerprint density at radius 1 is 1.59 bits per heavy atom. The van der Waals surface area contributed by atoms with Crippen molar-refractivity contribution in [2.75, 3.05) is 18.8 Å². The van der Waals surface area contributed by atoms with Gasteiger partial charge < -0.3 is 10.4 Å². The smallest absolute Gasteiger partial charge is 0.313 e. The average Bonchev–Trinajstić information content (AvgIpc) is 2.80. The molecule has 0 radical (unpaired) electrons. The van der Waals surface area contributed by atoms with Gasteiger partial charge in [0.15, 0.2) is 0 Å². The molecule has 1 aliphatic heterocycles. The van der Waals surface area contributed by atoms with Crippen molar-refractivity contribution in [3.63, 3.8) is 0 Å². The van der Waals surface area contributed by atoms with E-state index in [-0.39, 0.29) is 5.75 Å². The summed E-state index contributed by atoms with van der Waals surface area (Å²) in [5, 5.41) is 11.6. The first-order valence-corrected chi connectivity index (χ1v) is 6.08. The van der Waals surface area contributed by atoms with Crippen molar-refractivity contribution in [2.24, 2.45) is 4.99 Å². The quantitative estimate of drug-likeness (QED) is 0.796. The van der Waals surface area contributed by atoms with E-state index >= 15 is 0 Å². The van der Waals surface area contributed by atoms with Gasteiger partial charge >= 0.3 is 5.97 Å². The van der Waals surface area contributed by atoms with E-state index in [4.69, 9.17) is 5.11 Å².